The highest BCUT2D eigenvalue weighted by molar-refractivity contribution is 9.10. The predicted octanol–water partition coefficient (Wildman–Crippen LogP) is 4.67. The molecule has 0 saturated heterocycles. The van der Waals surface area contributed by atoms with Crippen LogP contribution < -0.4 is 4.90 Å². The Bertz CT molecular complexity index is 357. The number of nitrogens with zero attached hydrogens (tertiary/aromatic N) is 1. The van der Waals surface area contributed by atoms with Gasteiger partial charge >= 0.3 is 0 Å². The van der Waals surface area contributed by atoms with E-state index in [1.807, 2.05) is 0 Å². The summed E-state index contributed by atoms with van der Waals surface area (Å²) in [7, 11) is 2.12. The van der Waals surface area contributed by atoms with Crippen molar-refractivity contribution in [2.24, 2.45) is 5.41 Å². The van der Waals surface area contributed by atoms with Gasteiger partial charge in [0, 0.05) is 29.6 Å². The van der Waals surface area contributed by atoms with E-state index in [9.17, 15) is 0 Å². The smallest absolute Gasteiger partial charge is 0.0485 e. The van der Waals surface area contributed by atoms with Gasteiger partial charge in [0.1, 0.15) is 0 Å². The van der Waals surface area contributed by atoms with Crippen molar-refractivity contribution in [2.45, 2.75) is 26.7 Å². The van der Waals surface area contributed by atoms with Gasteiger partial charge in [-0.1, -0.05) is 42.8 Å². The molecule has 3 heteroatoms. The first-order chi connectivity index (χ1) is 7.33. The number of rotatable bonds is 3. The normalized spacial score (nSPS) is 11.6. The summed E-state index contributed by atoms with van der Waals surface area (Å²) in [6, 6.07) is 6.32. The van der Waals surface area contributed by atoms with Crippen molar-refractivity contribution in [1.82, 2.24) is 0 Å². The zero-order valence-corrected chi connectivity index (χ0v) is 12.7. The van der Waals surface area contributed by atoms with E-state index in [1.54, 1.807) is 0 Å². The maximum absolute atomic E-state index is 5.83. The third-order valence-electron chi connectivity index (χ3n) is 2.33. The second-order valence-electron chi connectivity index (χ2n) is 5.33. The highest BCUT2D eigenvalue weighted by Gasteiger charge is 2.14. The molecule has 0 atom stereocenters. The fraction of sp³-hybridized carbons (Fsp3) is 0.538. The van der Waals surface area contributed by atoms with E-state index in [4.69, 9.17) is 11.6 Å². The Kier molecular flexibility index (Phi) is 4.69. The minimum absolute atomic E-state index is 0.298. The van der Waals surface area contributed by atoms with E-state index >= 15 is 0 Å². The van der Waals surface area contributed by atoms with Gasteiger partial charge in [-0.3, -0.25) is 0 Å². The molecule has 0 aliphatic heterocycles. The summed E-state index contributed by atoms with van der Waals surface area (Å²) in [5.41, 5.74) is 2.65. The van der Waals surface area contributed by atoms with Crippen LogP contribution in [0.4, 0.5) is 5.69 Å². The van der Waals surface area contributed by atoms with Crippen LogP contribution in [0, 0.1) is 5.41 Å². The predicted molar refractivity (Wildman–Crippen MR) is 76.4 cm³/mol. The Morgan fingerprint density at radius 2 is 1.94 bits per heavy atom. The van der Waals surface area contributed by atoms with Crippen molar-refractivity contribution in [2.75, 3.05) is 18.5 Å². The van der Waals surface area contributed by atoms with Gasteiger partial charge in [-0.05, 0) is 23.1 Å². The monoisotopic (exact) mass is 303 g/mol. The Labute approximate surface area is 112 Å². The van der Waals surface area contributed by atoms with Crippen LogP contribution in [0.25, 0.3) is 0 Å². The molecule has 90 valence electrons. The molecule has 0 aliphatic rings. The van der Waals surface area contributed by atoms with Crippen molar-refractivity contribution in [3.8, 4) is 0 Å². The van der Waals surface area contributed by atoms with E-state index in [1.165, 1.54) is 5.69 Å². The SMILES string of the molecule is CN(CC(C)(C)C)c1ccc(CCl)c(Br)c1. The van der Waals surface area contributed by atoms with Crippen LogP contribution in [0.2, 0.25) is 0 Å². The average molecular weight is 305 g/mol. The number of benzene rings is 1. The molecule has 0 aromatic heterocycles. The van der Waals surface area contributed by atoms with E-state index in [2.05, 4.69) is 66.8 Å². The summed E-state index contributed by atoms with van der Waals surface area (Å²) < 4.78 is 1.08. The van der Waals surface area contributed by atoms with Crippen molar-refractivity contribution in [1.29, 1.82) is 0 Å². The maximum Gasteiger partial charge on any atom is 0.0485 e. The molecule has 0 spiro atoms. The largest absolute Gasteiger partial charge is 0.374 e. The van der Waals surface area contributed by atoms with Gasteiger partial charge in [-0.15, -0.1) is 11.6 Å². The number of alkyl halides is 1. The Morgan fingerprint density at radius 1 is 1.31 bits per heavy atom. The van der Waals surface area contributed by atoms with Crippen LogP contribution in [-0.2, 0) is 5.88 Å². The molecule has 0 unspecified atom stereocenters. The van der Waals surface area contributed by atoms with E-state index in [0.717, 1.165) is 16.6 Å². The summed E-state index contributed by atoms with van der Waals surface area (Å²) in [6.07, 6.45) is 0. The molecule has 0 N–H and O–H groups in total. The number of anilines is 1. The van der Waals surface area contributed by atoms with Crippen LogP contribution >= 0.6 is 27.5 Å². The summed E-state index contributed by atoms with van der Waals surface area (Å²) in [5, 5.41) is 0. The van der Waals surface area contributed by atoms with Crippen molar-refractivity contribution in [3.63, 3.8) is 0 Å². The van der Waals surface area contributed by atoms with Gasteiger partial charge in [0.2, 0.25) is 0 Å². The van der Waals surface area contributed by atoms with Crippen LogP contribution in [0.3, 0.4) is 0 Å². The third kappa shape index (κ3) is 3.99. The zero-order valence-electron chi connectivity index (χ0n) is 10.3. The van der Waals surface area contributed by atoms with Gasteiger partial charge in [0.05, 0.1) is 0 Å². The molecule has 0 amide bonds. The van der Waals surface area contributed by atoms with Crippen LogP contribution in [-0.4, -0.2) is 13.6 Å². The summed E-state index contributed by atoms with van der Waals surface area (Å²) in [4.78, 5) is 2.27. The molecule has 1 rings (SSSR count). The molecular formula is C13H19BrClN. The molecule has 0 heterocycles. The summed E-state index contributed by atoms with van der Waals surface area (Å²) in [6.45, 7) is 7.75. The van der Waals surface area contributed by atoms with E-state index < -0.39 is 0 Å². The molecular weight excluding hydrogens is 286 g/mol. The summed E-state index contributed by atoms with van der Waals surface area (Å²) >= 11 is 9.37. The third-order valence-corrected chi connectivity index (χ3v) is 3.36. The molecule has 0 bridgehead atoms. The molecule has 1 nitrogen and oxygen atoms in total. The van der Waals surface area contributed by atoms with Crippen LogP contribution in [0.1, 0.15) is 26.3 Å². The fourth-order valence-corrected chi connectivity index (χ4v) is 2.59. The lowest BCUT2D eigenvalue weighted by Gasteiger charge is -2.28. The zero-order chi connectivity index (χ0) is 12.3. The average Bonchev–Trinajstić information content (AvgIpc) is 2.15. The lowest BCUT2D eigenvalue weighted by Crippen LogP contribution is -2.29. The number of halogens is 2. The molecule has 0 saturated carbocycles. The van der Waals surface area contributed by atoms with Crippen LogP contribution in [0.15, 0.2) is 22.7 Å². The van der Waals surface area contributed by atoms with Crippen molar-refractivity contribution >= 4 is 33.2 Å². The second kappa shape index (κ2) is 5.42. The first kappa shape index (κ1) is 13.9. The number of hydrogen-bond donors (Lipinski definition) is 0. The van der Waals surface area contributed by atoms with Gasteiger partial charge < -0.3 is 4.90 Å². The van der Waals surface area contributed by atoms with E-state index in [-0.39, 0.29) is 0 Å². The van der Waals surface area contributed by atoms with Crippen molar-refractivity contribution in [3.05, 3.63) is 28.2 Å². The molecule has 1 aromatic rings. The van der Waals surface area contributed by atoms with E-state index in [0.29, 0.717) is 11.3 Å². The lowest BCUT2D eigenvalue weighted by atomic mass is 9.96. The van der Waals surface area contributed by atoms with Gasteiger partial charge in [0.15, 0.2) is 0 Å². The highest BCUT2D eigenvalue weighted by atomic mass is 79.9. The number of hydrogen-bond acceptors (Lipinski definition) is 1. The molecule has 0 fully saturated rings. The topological polar surface area (TPSA) is 3.24 Å². The fourth-order valence-electron chi connectivity index (χ4n) is 1.68. The molecule has 1 aromatic carbocycles. The molecule has 0 radical (unpaired) electrons. The standard InChI is InChI=1S/C13H19BrClN/c1-13(2,3)9-16(4)11-6-5-10(8-15)12(14)7-11/h5-7H,8-9H2,1-4H3. The first-order valence-corrected chi connectivity index (χ1v) is 6.72. The minimum Gasteiger partial charge on any atom is -0.374 e. The van der Waals surface area contributed by atoms with Crippen molar-refractivity contribution < 1.29 is 0 Å². The minimum atomic E-state index is 0.298. The van der Waals surface area contributed by atoms with Crippen LogP contribution in [0.5, 0.6) is 0 Å². The summed E-state index contributed by atoms with van der Waals surface area (Å²) in [5.74, 6) is 0.545. The lowest BCUT2D eigenvalue weighted by molar-refractivity contribution is 0.419. The Morgan fingerprint density at radius 3 is 2.38 bits per heavy atom. The Hall–Kier alpha value is -0.210. The van der Waals surface area contributed by atoms with Gasteiger partial charge in [-0.2, -0.15) is 0 Å². The van der Waals surface area contributed by atoms with Gasteiger partial charge in [-0.25, -0.2) is 0 Å². The highest BCUT2D eigenvalue weighted by Crippen LogP contribution is 2.26. The van der Waals surface area contributed by atoms with Gasteiger partial charge in [0.25, 0.3) is 0 Å². The Balaban J connectivity index is 2.85. The second-order valence-corrected chi connectivity index (χ2v) is 6.45. The molecule has 16 heavy (non-hydrogen) atoms. The molecule has 0 aliphatic carbocycles. The first-order valence-electron chi connectivity index (χ1n) is 5.39. The quantitative estimate of drug-likeness (QED) is 0.734. The maximum atomic E-state index is 5.83.